The number of benzene rings is 2. The van der Waals surface area contributed by atoms with Gasteiger partial charge in [-0.3, -0.25) is 25.8 Å². The lowest BCUT2D eigenvalue weighted by molar-refractivity contribution is -0.121. The van der Waals surface area contributed by atoms with E-state index in [9.17, 15) is 9.59 Å². The number of carbonyl (C=O) groups is 2. The number of hydrazine groups is 1. The highest BCUT2D eigenvalue weighted by Gasteiger charge is 2.17. The van der Waals surface area contributed by atoms with Crippen LogP contribution >= 0.6 is 28.1 Å². The molecule has 11 heteroatoms. The second-order valence-electron chi connectivity index (χ2n) is 6.09. The lowest BCUT2D eigenvalue weighted by atomic mass is 10.1. The van der Waals surface area contributed by atoms with Gasteiger partial charge in [0.1, 0.15) is 5.75 Å². The maximum absolute atomic E-state index is 12.4. The first-order valence-corrected chi connectivity index (χ1v) is 10.1. The summed E-state index contributed by atoms with van der Waals surface area (Å²) >= 11 is 8.39. The monoisotopic (exact) mass is 511 g/mol. The van der Waals surface area contributed by atoms with Gasteiger partial charge in [0.15, 0.2) is 23.2 Å². The molecule has 0 radical (unpaired) electrons. The van der Waals surface area contributed by atoms with E-state index in [1.165, 1.54) is 33.5 Å². The summed E-state index contributed by atoms with van der Waals surface area (Å²) in [5.41, 5.74) is 6.12. The van der Waals surface area contributed by atoms with Crippen LogP contribution in [0.2, 0.25) is 0 Å². The maximum Gasteiger partial charge on any atom is 0.269 e. The van der Waals surface area contributed by atoms with Crippen LogP contribution in [0.1, 0.15) is 15.9 Å². The molecule has 0 unspecified atom stereocenters. The fourth-order valence-electron chi connectivity index (χ4n) is 2.46. The van der Waals surface area contributed by atoms with Crippen molar-refractivity contribution in [2.45, 2.75) is 6.92 Å². The Balaban J connectivity index is 1.89. The van der Waals surface area contributed by atoms with Gasteiger partial charge in [0, 0.05) is 5.56 Å². The summed E-state index contributed by atoms with van der Waals surface area (Å²) in [6.07, 6.45) is 0. The molecule has 0 aliphatic rings. The van der Waals surface area contributed by atoms with Crippen molar-refractivity contribution in [3.05, 3.63) is 45.9 Å². The molecule has 2 amide bonds. The summed E-state index contributed by atoms with van der Waals surface area (Å²) in [6, 6.07) is 8.45. The minimum atomic E-state index is -0.532. The molecule has 2 aromatic carbocycles. The number of aryl methyl sites for hydroxylation is 1. The minimum absolute atomic E-state index is 0.0997. The fourth-order valence-corrected chi connectivity index (χ4v) is 3.23. The Morgan fingerprint density at radius 2 is 1.61 bits per heavy atom. The predicted octanol–water partition coefficient (Wildman–Crippen LogP) is 2.50. The van der Waals surface area contributed by atoms with Gasteiger partial charge in [-0.25, -0.2) is 0 Å². The molecule has 0 aliphatic carbocycles. The van der Waals surface area contributed by atoms with E-state index >= 15 is 0 Å². The first-order chi connectivity index (χ1) is 14.8. The van der Waals surface area contributed by atoms with Crippen LogP contribution in [0.15, 0.2) is 34.8 Å². The zero-order chi connectivity index (χ0) is 23.0. The van der Waals surface area contributed by atoms with Crippen molar-refractivity contribution in [1.82, 2.24) is 16.2 Å². The third-order valence-corrected chi connectivity index (χ3v) is 4.74. The van der Waals surface area contributed by atoms with E-state index in [0.717, 1.165) is 10.0 Å². The first kappa shape index (κ1) is 24.2. The average molecular weight is 512 g/mol. The number of amides is 2. The van der Waals surface area contributed by atoms with Crippen LogP contribution in [-0.2, 0) is 4.79 Å². The molecule has 0 bridgehead atoms. The quantitative estimate of drug-likeness (QED) is 0.384. The van der Waals surface area contributed by atoms with Gasteiger partial charge in [0.2, 0.25) is 5.75 Å². The molecule has 31 heavy (non-hydrogen) atoms. The summed E-state index contributed by atoms with van der Waals surface area (Å²) < 4.78 is 21.8. The van der Waals surface area contributed by atoms with Crippen molar-refractivity contribution in [3.8, 4) is 23.0 Å². The number of carbonyl (C=O) groups excluding carboxylic acids is 2. The fraction of sp³-hybridized carbons (Fsp3) is 0.250. The highest BCUT2D eigenvalue weighted by atomic mass is 79.9. The average Bonchev–Trinajstić information content (AvgIpc) is 2.75. The highest BCUT2D eigenvalue weighted by Crippen LogP contribution is 2.38. The largest absolute Gasteiger partial charge is 0.493 e. The molecule has 0 saturated carbocycles. The summed E-state index contributed by atoms with van der Waals surface area (Å²) in [5, 5.41) is 2.31. The van der Waals surface area contributed by atoms with Crippen LogP contribution in [0, 0.1) is 6.92 Å². The van der Waals surface area contributed by atoms with E-state index in [4.69, 9.17) is 31.2 Å². The Kier molecular flexibility index (Phi) is 8.88. The summed E-state index contributed by atoms with van der Waals surface area (Å²) in [6.45, 7) is 1.68. The molecule has 0 spiro atoms. The molecule has 0 aliphatic heterocycles. The van der Waals surface area contributed by atoms with Crippen molar-refractivity contribution in [3.63, 3.8) is 0 Å². The van der Waals surface area contributed by atoms with Gasteiger partial charge in [-0.05, 0) is 64.9 Å². The van der Waals surface area contributed by atoms with Gasteiger partial charge in [-0.2, -0.15) is 0 Å². The number of ether oxygens (including phenoxy) is 4. The minimum Gasteiger partial charge on any atom is -0.493 e. The molecule has 0 heterocycles. The molecule has 2 rings (SSSR count). The van der Waals surface area contributed by atoms with Crippen LogP contribution in [0.4, 0.5) is 0 Å². The Hall–Kier alpha value is -3.05. The second-order valence-corrected chi connectivity index (χ2v) is 7.36. The molecular formula is C20H22BrN3O6S. The topological polar surface area (TPSA) is 107 Å². The van der Waals surface area contributed by atoms with Gasteiger partial charge in [0.25, 0.3) is 11.8 Å². The van der Waals surface area contributed by atoms with Crippen molar-refractivity contribution in [2.75, 3.05) is 27.9 Å². The van der Waals surface area contributed by atoms with E-state index in [0.29, 0.717) is 23.0 Å². The Labute approximate surface area is 193 Å². The zero-order valence-electron chi connectivity index (χ0n) is 17.3. The van der Waals surface area contributed by atoms with Crippen molar-refractivity contribution in [2.24, 2.45) is 0 Å². The Morgan fingerprint density at radius 1 is 0.968 bits per heavy atom. The van der Waals surface area contributed by atoms with E-state index in [-0.39, 0.29) is 17.3 Å². The van der Waals surface area contributed by atoms with Crippen molar-refractivity contribution in [1.29, 1.82) is 0 Å². The predicted molar refractivity (Wildman–Crippen MR) is 122 cm³/mol. The number of methoxy groups -OCH3 is 3. The van der Waals surface area contributed by atoms with Crippen LogP contribution in [0.25, 0.3) is 0 Å². The molecule has 0 atom stereocenters. The third kappa shape index (κ3) is 6.72. The van der Waals surface area contributed by atoms with Gasteiger partial charge in [0.05, 0.1) is 25.8 Å². The molecule has 9 nitrogen and oxygen atoms in total. The number of rotatable bonds is 7. The second kappa shape index (κ2) is 11.4. The van der Waals surface area contributed by atoms with Crippen LogP contribution in [-0.4, -0.2) is 44.9 Å². The highest BCUT2D eigenvalue weighted by molar-refractivity contribution is 9.10. The number of halogens is 1. The van der Waals surface area contributed by atoms with Gasteiger partial charge in [-0.15, -0.1) is 0 Å². The Bertz CT molecular complexity index is 960. The summed E-state index contributed by atoms with van der Waals surface area (Å²) in [7, 11) is 4.35. The van der Waals surface area contributed by atoms with Crippen LogP contribution < -0.4 is 35.1 Å². The van der Waals surface area contributed by atoms with Gasteiger partial charge >= 0.3 is 0 Å². The molecule has 0 aromatic heterocycles. The third-order valence-electron chi connectivity index (χ3n) is 3.92. The van der Waals surface area contributed by atoms with Crippen LogP contribution in [0.3, 0.4) is 0 Å². The normalized spacial score (nSPS) is 9.97. The standard InChI is InChI=1S/C20H22BrN3O6S/c1-11-5-6-14(13(21)7-11)30-10-17(25)22-20(31)24-23-19(26)12-8-15(27-2)18(29-4)16(9-12)28-3/h5-9H,10H2,1-4H3,(H,23,26)(H2,22,24,25,31). The SMILES string of the molecule is COc1cc(C(=O)NNC(=S)NC(=O)COc2ccc(C)cc2Br)cc(OC)c1OC. The van der Waals surface area contributed by atoms with E-state index in [2.05, 4.69) is 32.1 Å². The number of thiocarbonyl (C=S) groups is 1. The molecule has 2 aromatic rings. The smallest absolute Gasteiger partial charge is 0.269 e. The van der Waals surface area contributed by atoms with Crippen LogP contribution in [0.5, 0.6) is 23.0 Å². The molecule has 166 valence electrons. The van der Waals surface area contributed by atoms with Gasteiger partial charge < -0.3 is 18.9 Å². The van der Waals surface area contributed by atoms with Gasteiger partial charge in [-0.1, -0.05) is 6.07 Å². The Morgan fingerprint density at radius 3 is 2.16 bits per heavy atom. The molecule has 0 saturated heterocycles. The maximum atomic E-state index is 12.4. The van der Waals surface area contributed by atoms with E-state index in [1.54, 1.807) is 6.07 Å². The molecule has 0 fully saturated rings. The lowest BCUT2D eigenvalue weighted by Crippen LogP contribution is -2.49. The summed E-state index contributed by atoms with van der Waals surface area (Å²) in [5.74, 6) is 0.500. The molecule has 3 N–H and O–H groups in total. The molecular weight excluding hydrogens is 490 g/mol. The van der Waals surface area contributed by atoms with Crippen molar-refractivity contribution >= 4 is 45.1 Å². The number of hydrogen-bond acceptors (Lipinski definition) is 7. The lowest BCUT2D eigenvalue weighted by Gasteiger charge is -2.15. The summed E-state index contributed by atoms with van der Waals surface area (Å²) in [4.78, 5) is 24.4. The van der Waals surface area contributed by atoms with E-state index < -0.39 is 11.8 Å². The number of nitrogens with one attached hydrogen (secondary N) is 3. The van der Waals surface area contributed by atoms with E-state index in [1.807, 2.05) is 19.1 Å². The van der Waals surface area contributed by atoms with Crippen molar-refractivity contribution < 1.29 is 28.5 Å². The zero-order valence-corrected chi connectivity index (χ0v) is 19.7. The number of hydrogen-bond donors (Lipinski definition) is 3. The first-order valence-electron chi connectivity index (χ1n) is 8.88.